The monoisotopic (exact) mass is 507 g/mol. The first kappa shape index (κ1) is 24.6. The van der Waals surface area contributed by atoms with E-state index in [2.05, 4.69) is 9.36 Å². The van der Waals surface area contributed by atoms with Gasteiger partial charge in [0.25, 0.3) is 0 Å². The molecular weight excluding hydrogens is 482 g/mol. The quantitative estimate of drug-likeness (QED) is 0.311. The summed E-state index contributed by atoms with van der Waals surface area (Å²) >= 11 is 2.37. The molecule has 2 aromatic carbocycles. The normalized spacial score (nSPS) is 10.8. The smallest absolute Gasteiger partial charge is 0.344 e. The second-order valence-corrected chi connectivity index (χ2v) is 9.96. The Hall–Kier alpha value is -3.56. The fraction of sp³-hybridized carbons (Fsp3) is 0.231. The van der Waals surface area contributed by atoms with Crippen LogP contribution in [-0.4, -0.2) is 28.3 Å². The predicted octanol–water partition coefficient (Wildman–Crippen LogP) is 5.66. The van der Waals surface area contributed by atoms with Crippen molar-refractivity contribution in [3.05, 3.63) is 80.3 Å². The fourth-order valence-corrected chi connectivity index (χ4v) is 5.33. The van der Waals surface area contributed by atoms with Crippen LogP contribution < -0.4 is 9.77 Å². The molecule has 0 saturated carbocycles. The summed E-state index contributed by atoms with van der Waals surface area (Å²) in [5, 5.41) is 0.606. The number of amides is 1. The summed E-state index contributed by atoms with van der Waals surface area (Å²) < 4.78 is 7.92. The lowest BCUT2D eigenvalue weighted by Crippen LogP contribution is -2.30. The van der Waals surface area contributed by atoms with Crippen molar-refractivity contribution < 1.29 is 14.3 Å². The van der Waals surface area contributed by atoms with Crippen LogP contribution in [0.5, 0.6) is 0 Å². The third kappa shape index (κ3) is 5.41. The molecule has 2 heterocycles. The summed E-state index contributed by atoms with van der Waals surface area (Å²) in [7, 11) is 1.34. The van der Waals surface area contributed by atoms with Gasteiger partial charge in [-0.1, -0.05) is 55.5 Å². The zero-order chi connectivity index (χ0) is 24.9. The Balaban J connectivity index is 1.66. The highest BCUT2D eigenvalue weighted by Crippen LogP contribution is 2.34. The number of aromatic amines is 1. The molecule has 0 spiro atoms. The van der Waals surface area contributed by atoms with E-state index in [9.17, 15) is 14.4 Å². The lowest BCUT2D eigenvalue weighted by Gasteiger charge is -2.22. The van der Waals surface area contributed by atoms with Gasteiger partial charge in [-0.25, -0.2) is 4.79 Å². The van der Waals surface area contributed by atoms with E-state index in [1.807, 2.05) is 62.4 Å². The number of anilines is 1. The minimum atomic E-state index is -0.453. The average Bonchev–Trinajstić information content (AvgIpc) is 3.48. The second-order valence-electron chi connectivity index (χ2n) is 7.97. The van der Waals surface area contributed by atoms with E-state index < -0.39 is 5.97 Å². The zero-order valence-corrected chi connectivity index (χ0v) is 21.3. The largest absolute Gasteiger partial charge is 0.465 e. The highest BCUT2D eigenvalue weighted by molar-refractivity contribution is 7.16. The van der Waals surface area contributed by atoms with Gasteiger partial charge in [-0.3, -0.25) is 18.9 Å². The van der Waals surface area contributed by atoms with Gasteiger partial charge >= 0.3 is 10.8 Å². The highest BCUT2D eigenvalue weighted by Gasteiger charge is 2.25. The number of nitrogens with zero attached hydrogens (tertiary/aromatic N) is 2. The van der Waals surface area contributed by atoms with Gasteiger partial charge in [0.15, 0.2) is 5.82 Å². The molecule has 0 bridgehead atoms. The van der Waals surface area contributed by atoms with Crippen molar-refractivity contribution in [2.75, 3.05) is 12.0 Å². The molecule has 4 aromatic rings. The first-order valence-corrected chi connectivity index (χ1v) is 12.8. The summed E-state index contributed by atoms with van der Waals surface area (Å²) in [6.07, 6.45) is 1.09. The minimum Gasteiger partial charge on any atom is -0.465 e. The van der Waals surface area contributed by atoms with Gasteiger partial charge in [-0.2, -0.15) is 4.98 Å². The van der Waals surface area contributed by atoms with Gasteiger partial charge in [0.1, 0.15) is 5.00 Å². The van der Waals surface area contributed by atoms with Crippen molar-refractivity contribution in [1.29, 1.82) is 0 Å². The number of benzene rings is 2. The Morgan fingerprint density at radius 2 is 1.80 bits per heavy atom. The number of esters is 1. The number of rotatable bonds is 8. The third-order valence-corrected chi connectivity index (χ3v) is 7.11. The predicted molar refractivity (Wildman–Crippen MR) is 140 cm³/mol. The van der Waals surface area contributed by atoms with Crippen molar-refractivity contribution in [3.63, 3.8) is 0 Å². The van der Waals surface area contributed by atoms with E-state index in [1.165, 1.54) is 18.4 Å². The van der Waals surface area contributed by atoms with E-state index in [1.54, 1.807) is 11.0 Å². The molecule has 0 saturated heterocycles. The zero-order valence-electron chi connectivity index (χ0n) is 19.7. The number of hydrogen-bond donors (Lipinski definition) is 1. The molecule has 0 radical (unpaired) electrons. The summed E-state index contributed by atoms with van der Waals surface area (Å²) in [5.74, 6) is 0.0477. The summed E-state index contributed by atoms with van der Waals surface area (Å²) in [4.78, 5) is 43.4. The number of aryl methyl sites for hydroxylation is 1. The second kappa shape index (κ2) is 10.8. The molecular formula is C26H25N3O4S2. The van der Waals surface area contributed by atoms with Crippen molar-refractivity contribution in [3.8, 4) is 22.5 Å². The van der Waals surface area contributed by atoms with E-state index >= 15 is 0 Å². The Labute approximate surface area is 211 Å². The number of carbonyl (C=O) groups is 2. The van der Waals surface area contributed by atoms with Gasteiger partial charge in [-0.15, -0.1) is 11.3 Å². The number of thiophene rings is 1. The van der Waals surface area contributed by atoms with Crippen molar-refractivity contribution in [1.82, 2.24) is 9.36 Å². The van der Waals surface area contributed by atoms with Gasteiger partial charge in [-0.05, 0) is 36.1 Å². The van der Waals surface area contributed by atoms with E-state index in [0.29, 0.717) is 35.8 Å². The molecule has 1 amide bonds. The number of aromatic nitrogens is 2. The molecule has 0 aliphatic carbocycles. The van der Waals surface area contributed by atoms with Crippen LogP contribution in [0, 0.1) is 6.92 Å². The van der Waals surface area contributed by atoms with E-state index in [4.69, 9.17) is 4.74 Å². The summed E-state index contributed by atoms with van der Waals surface area (Å²) in [6.45, 7) is 4.20. The van der Waals surface area contributed by atoms with E-state index in [-0.39, 0.29) is 10.8 Å². The van der Waals surface area contributed by atoms with Crippen LogP contribution >= 0.6 is 22.9 Å². The molecule has 4 rings (SSSR count). The first-order chi connectivity index (χ1) is 16.9. The maximum atomic E-state index is 13.1. The molecule has 2 aromatic heterocycles. The maximum Gasteiger partial charge on any atom is 0.344 e. The van der Waals surface area contributed by atoms with Crippen LogP contribution in [0.4, 0.5) is 5.00 Å². The number of hydrogen-bond acceptors (Lipinski definition) is 7. The lowest BCUT2D eigenvalue weighted by molar-refractivity contribution is -0.118. The third-order valence-electron chi connectivity index (χ3n) is 5.48. The van der Waals surface area contributed by atoms with Gasteiger partial charge < -0.3 is 4.74 Å². The molecule has 180 valence electrons. The average molecular weight is 508 g/mol. The SMILES string of the molecule is CCCC(=O)N(Cc1ccc(-c2ccccc2-c2nc(=O)s[nH]2)cc1)c1sc(C)cc1C(=O)OC. The van der Waals surface area contributed by atoms with Crippen molar-refractivity contribution in [2.24, 2.45) is 0 Å². The first-order valence-electron chi connectivity index (χ1n) is 11.1. The molecule has 9 heteroatoms. The molecule has 0 aliphatic rings. The Kier molecular flexibility index (Phi) is 7.57. The van der Waals surface area contributed by atoms with Gasteiger partial charge in [0.05, 0.1) is 19.2 Å². The summed E-state index contributed by atoms with van der Waals surface area (Å²) in [5.41, 5.74) is 4.09. The van der Waals surface area contributed by atoms with Crippen molar-refractivity contribution >= 4 is 39.7 Å². The highest BCUT2D eigenvalue weighted by atomic mass is 32.1. The molecule has 1 N–H and O–H groups in total. The number of carbonyl (C=O) groups excluding carboxylic acids is 2. The number of ether oxygens (including phenoxy) is 1. The van der Waals surface area contributed by atoms with Crippen LogP contribution in [0.3, 0.4) is 0 Å². The number of nitrogens with one attached hydrogen (secondary N) is 1. The van der Waals surface area contributed by atoms with Gasteiger partial charge in [0, 0.05) is 28.4 Å². The van der Waals surface area contributed by atoms with Crippen molar-refractivity contribution in [2.45, 2.75) is 33.2 Å². The van der Waals surface area contributed by atoms with Crippen LogP contribution in [0.25, 0.3) is 22.5 Å². The molecule has 0 unspecified atom stereocenters. The molecule has 0 aliphatic heterocycles. The topological polar surface area (TPSA) is 92.4 Å². The molecule has 0 atom stereocenters. The van der Waals surface area contributed by atoms with Crippen LogP contribution in [0.15, 0.2) is 59.4 Å². The molecule has 7 nitrogen and oxygen atoms in total. The van der Waals surface area contributed by atoms with Gasteiger partial charge in [0.2, 0.25) is 5.91 Å². The fourth-order valence-electron chi connectivity index (χ4n) is 3.84. The van der Waals surface area contributed by atoms with Crippen LogP contribution in [-0.2, 0) is 16.1 Å². The minimum absolute atomic E-state index is 0.0404. The molecule has 0 fully saturated rings. The molecule has 35 heavy (non-hydrogen) atoms. The summed E-state index contributed by atoms with van der Waals surface area (Å²) in [6, 6.07) is 17.4. The lowest BCUT2D eigenvalue weighted by atomic mass is 9.98. The Morgan fingerprint density at radius 3 is 2.43 bits per heavy atom. The number of methoxy groups -OCH3 is 1. The number of H-pyrrole nitrogens is 1. The standard InChI is InChI=1S/C26H25N3O4S2/c1-4-7-22(30)29(24-21(25(31)33-3)14-16(2)34-24)15-17-10-12-18(13-11-17)19-8-5-6-9-20(19)23-27-26(32)35-28-23/h5-6,8-14H,4,7,15H2,1-3H3,(H,27,28,32). The Bertz CT molecular complexity index is 1400. The van der Waals surface area contributed by atoms with Crippen LogP contribution in [0.1, 0.15) is 40.6 Å². The van der Waals surface area contributed by atoms with Crippen LogP contribution in [0.2, 0.25) is 0 Å². The van der Waals surface area contributed by atoms with E-state index in [0.717, 1.165) is 38.7 Å². The Morgan fingerprint density at radius 1 is 1.09 bits per heavy atom. The maximum absolute atomic E-state index is 13.1.